The van der Waals surface area contributed by atoms with Crippen LogP contribution in [0.2, 0.25) is 0 Å². The van der Waals surface area contributed by atoms with Gasteiger partial charge in [0, 0.05) is 11.3 Å². The molecule has 138 valence electrons. The van der Waals surface area contributed by atoms with Crippen LogP contribution in [0.3, 0.4) is 0 Å². The molecule has 0 radical (unpaired) electrons. The van der Waals surface area contributed by atoms with Gasteiger partial charge in [0.25, 0.3) is 5.91 Å². The maximum atomic E-state index is 12.3. The summed E-state index contributed by atoms with van der Waals surface area (Å²) in [5, 5.41) is 6.45. The standard InChI is InChI=1S/C19H20F2N2O3/c1-3-14-9-6-7-13(2)18(14)23-17(24)12-25-22-11-15-8-4-5-10-16(15)26-19(20)21/h4-11,19H,3,12H2,1-2H3,(H,23,24)/b22-11+. The molecule has 2 rings (SSSR count). The summed E-state index contributed by atoms with van der Waals surface area (Å²) in [4.78, 5) is 17.0. The number of rotatable bonds is 8. The lowest BCUT2D eigenvalue weighted by Gasteiger charge is -2.12. The van der Waals surface area contributed by atoms with Crippen molar-refractivity contribution in [1.82, 2.24) is 0 Å². The van der Waals surface area contributed by atoms with Crippen molar-refractivity contribution in [2.45, 2.75) is 26.9 Å². The third kappa shape index (κ3) is 5.54. The Labute approximate surface area is 150 Å². The van der Waals surface area contributed by atoms with E-state index in [-0.39, 0.29) is 18.3 Å². The Balaban J connectivity index is 1.92. The number of amides is 1. The fraction of sp³-hybridized carbons (Fsp3) is 0.263. The largest absolute Gasteiger partial charge is 0.434 e. The number of ether oxygens (including phenoxy) is 1. The first-order chi connectivity index (χ1) is 12.5. The molecule has 0 spiro atoms. The molecule has 0 aromatic heterocycles. The number of hydrogen-bond acceptors (Lipinski definition) is 4. The molecular weight excluding hydrogens is 342 g/mol. The molecule has 0 aliphatic carbocycles. The van der Waals surface area contributed by atoms with E-state index in [2.05, 4.69) is 15.2 Å². The summed E-state index contributed by atoms with van der Waals surface area (Å²) in [5.74, 6) is -0.380. The van der Waals surface area contributed by atoms with Crippen molar-refractivity contribution in [2.24, 2.45) is 5.16 Å². The van der Waals surface area contributed by atoms with Crippen molar-refractivity contribution >= 4 is 17.8 Å². The van der Waals surface area contributed by atoms with E-state index in [1.807, 2.05) is 32.0 Å². The summed E-state index contributed by atoms with van der Waals surface area (Å²) < 4.78 is 29.1. The van der Waals surface area contributed by atoms with Crippen LogP contribution in [0.25, 0.3) is 0 Å². The van der Waals surface area contributed by atoms with Crippen LogP contribution >= 0.6 is 0 Å². The van der Waals surface area contributed by atoms with E-state index >= 15 is 0 Å². The lowest BCUT2D eigenvalue weighted by molar-refractivity contribution is -0.120. The predicted molar refractivity (Wildman–Crippen MR) is 95.8 cm³/mol. The number of alkyl halides is 2. The number of halogens is 2. The minimum absolute atomic E-state index is 0.0215. The van der Waals surface area contributed by atoms with Crippen LogP contribution in [0.4, 0.5) is 14.5 Å². The van der Waals surface area contributed by atoms with E-state index in [0.29, 0.717) is 5.56 Å². The molecule has 1 N–H and O–H groups in total. The Hall–Kier alpha value is -2.96. The molecule has 0 heterocycles. The third-order valence-corrected chi connectivity index (χ3v) is 3.60. The molecule has 0 aliphatic rings. The van der Waals surface area contributed by atoms with Gasteiger partial charge in [-0.05, 0) is 36.6 Å². The number of oxime groups is 1. The molecule has 0 aliphatic heterocycles. The van der Waals surface area contributed by atoms with Gasteiger partial charge in [0.15, 0.2) is 6.61 Å². The first-order valence-electron chi connectivity index (χ1n) is 8.08. The SMILES string of the molecule is CCc1cccc(C)c1NC(=O)CO/N=C/c1ccccc1OC(F)F. The quantitative estimate of drug-likeness (QED) is 0.567. The third-order valence-electron chi connectivity index (χ3n) is 3.60. The smallest absolute Gasteiger partial charge is 0.387 e. The van der Waals surface area contributed by atoms with E-state index in [4.69, 9.17) is 4.84 Å². The Morgan fingerprint density at radius 2 is 2.00 bits per heavy atom. The highest BCUT2D eigenvalue weighted by Gasteiger charge is 2.10. The van der Waals surface area contributed by atoms with Crippen molar-refractivity contribution in [3.63, 3.8) is 0 Å². The molecular formula is C19H20F2N2O3. The Bertz CT molecular complexity index is 779. The van der Waals surface area contributed by atoms with Gasteiger partial charge in [-0.2, -0.15) is 8.78 Å². The van der Waals surface area contributed by atoms with E-state index < -0.39 is 6.61 Å². The maximum absolute atomic E-state index is 12.3. The number of carbonyl (C=O) groups is 1. The molecule has 1 amide bonds. The summed E-state index contributed by atoms with van der Waals surface area (Å²) >= 11 is 0. The first-order valence-corrected chi connectivity index (χ1v) is 8.08. The zero-order valence-corrected chi connectivity index (χ0v) is 14.5. The number of nitrogens with zero attached hydrogens (tertiary/aromatic N) is 1. The number of anilines is 1. The molecule has 0 saturated carbocycles. The normalized spacial score (nSPS) is 11.0. The highest BCUT2D eigenvalue weighted by Crippen LogP contribution is 2.21. The van der Waals surface area contributed by atoms with Gasteiger partial charge in [0.05, 0.1) is 6.21 Å². The van der Waals surface area contributed by atoms with Crippen molar-refractivity contribution in [1.29, 1.82) is 0 Å². The van der Waals surface area contributed by atoms with Gasteiger partial charge >= 0.3 is 6.61 Å². The second-order valence-corrected chi connectivity index (χ2v) is 5.44. The number of para-hydroxylation sites is 2. The topological polar surface area (TPSA) is 59.9 Å². The summed E-state index contributed by atoms with van der Waals surface area (Å²) in [6.07, 6.45) is 2.01. The van der Waals surface area contributed by atoms with E-state index in [9.17, 15) is 13.6 Å². The van der Waals surface area contributed by atoms with Crippen LogP contribution in [-0.4, -0.2) is 25.3 Å². The van der Waals surface area contributed by atoms with Crippen LogP contribution < -0.4 is 10.1 Å². The van der Waals surface area contributed by atoms with Gasteiger partial charge in [-0.25, -0.2) is 0 Å². The van der Waals surface area contributed by atoms with Gasteiger partial charge in [0.2, 0.25) is 0 Å². The fourth-order valence-corrected chi connectivity index (χ4v) is 2.36. The average molecular weight is 362 g/mol. The highest BCUT2D eigenvalue weighted by atomic mass is 19.3. The molecule has 5 nitrogen and oxygen atoms in total. The van der Waals surface area contributed by atoms with Crippen molar-refractivity contribution < 1.29 is 23.1 Å². The van der Waals surface area contributed by atoms with Gasteiger partial charge in [-0.15, -0.1) is 0 Å². The van der Waals surface area contributed by atoms with Crippen LogP contribution in [0.1, 0.15) is 23.6 Å². The minimum atomic E-state index is -2.93. The number of benzene rings is 2. The van der Waals surface area contributed by atoms with Gasteiger partial charge < -0.3 is 14.9 Å². The first kappa shape index (κ1) is 19.4. The summed E-state index contributed by atoms with van der Waals surface area (Å²) in [6.45, 7) is 0.683. The molecule has 0 unspecified atom stereocenters. The number of carbonyl (C=O) groups excluding carboxylic acids is 1. The Kier molecular flexibility index (Phi) is 7.08. The summed E-state index contributed by atoms with van der Waals surface area (Å²) in [5.41, 5.74) is 3.07. The highest BCUT2D eigenvalue weighted by molar-refractivity contribution is 5.93. The second kappa shape index (κ2) is 9.50. The van der Waals surface area contributed by atoms with Gasteiger partial charge in [-0.3, -0.25) is 4.79 Å². The van der Waals surface area contributed by atoms with E-state index in [1.54, 1.807) is 18.2 Å². The zero-order chi connectivity index (χ0) is 18.9. The van der Waals surface area contributed by atoms with Crippen LogP contribution in [-0.2, 0) is 16.1 Å². The molecule has 0 saturated heterocycles. The molecule has 2 aromatic rings. The fourth-order valence-electron chi connectivity index (χ4n) is 2.36. The summed E-state index contributed by atoms with van der Waals surface area (Å²) in [7, 11) is 0. The van der Waals surface area contributed by atoms with Gasteiger partial charge in [-0.1, -0.05) is 42.4 Å². The van der Waals surface area contributed by atoms with Crippen molar-refractivity contribution in [2.75, 3.05) is 11.9 Å². The molecule has 7 heteroatoms. The molecule has 0 fully saturated rings. The van der Waals surface area contributed by atoms with Crippen molar-refractivity contribution in [3.8, 4) is 5.75 Å². The molecule has 2 aromatic carbocycles. The van der Waals surface area contributed by atoms with Crippen LogP contribution in [0.15, 0.2) is 47.6 Å². The van der Waals surface area contributed by atoms with Gasteiger partial charge in [0.1, 0.15) is 5.75 Å². The zero-order valence-electron chi connectivity index (χ0n) is 14.5. The lowest BCUT2D eigenvalue weighted by atomic mass is 10.1. The van der Waals surface area contributed by atoms with Crippen LogP contribution in [0, 0.1) is 6.92 Å². The minimum Gasteiger partial charge on any atom is -0.434 e. The van der Waals surface area contributed by atoms with Crippen LogP contribution in [0.5, 0.6) is 5.75 Å². The number of hydrogen-bond donors (Lipinski definition) is 1. The number of nitrogens with one attached hydrogen (secondary N) is 1. The molecule has 0 atom stereocenters. The second-order valence-electron chi connectivity index (χ2n) is 5.44. The summed E-state index contributed by atoms with van der Waals surface area (Å²) in [6, 6.07) is 11.9. The van der Waals surface area contributed by atoms with E-state index in [1.165, 1.54) is 12.3 Å². The van der Waals surface area contributed by atoms with Crippen molar-refractivity contribution in [3.05, 3.63) is 59.2 Å². The Morgan fingerprint density at radius 3 is 2.73 bits per heavy atom. The van der Waals surface area contributed by atoms with E-state index in [0.717, 1.165) is 23.2 Å². The molecule has 0 bridgehead atoms. The monoisotopic (exact) mass is 362 g/mol. The Morgan fingerprint density at radius 1 is 1.23 bits per heavy atom. The average Bonchev–Trinajstić information content (AvgIpc) is 2.61. The number of aryl methyl sites for hydroxylation is 2. The predicted octanol–water partition coefficient (Wildman–Crippen LogP) is 4.15. The maximum Gasteiger partial charge on any atom is 0.387 e. The molecule has 26 heavy (non-hydrogen) atoms. The lowest BCUT2D eigenvalue weighted by Crippen LogP contribution is -2.18.